The van der Waals surface area contributed by atoms with E-state index >= 15 is 0 Å². The van der Waals surface area contributed by atoms with Gasteiger partial charge in [-0.2, -0.15) is 0 Å². The van der Waals surface area contributed by atoms with Crippen molar-refractivity contribution >= 4 is 23.7 Å². The number of nitrogens with two attached hydrogens (primary N) is 2. The molecule has 11 nitrogen and oxygen atoms in total. The van der Waals surface area contributed by atoms with Gasteiger partial charge in [-0.05, 0) is 31.4 Å². The normalized spacial score (nSPS) is 15.0. The van der Waals surface area contributed by atoms with E-state index < -0.39 is 18.1 Å². The van der Waals surface area contributed by atoms with Crippen molar-refractivity contribution in [2.45, 2.75) is 50.6 Å². The van der Waals surface area contributed by atoms with Crippen LogP contribution in [-0.2, 0) is 20.8 Å². The summed E-state index contributed by atoms with van der Waals surface area (Å²) in [4.78, 5) is 37.2. The molecule has 32 heavy (non-hydrogen) atoms. The topological polar surface area (TPSA) is 188 Å². The molecule has 2 rings (SSSR count). The highest BCUT2D eigenvalue weighted by molar-refractivity contribution is 5.83. The lowest BCUT2D eigenvalue weighted by atomic mass is 10.1. The van der Waals surface area contributed by atoms with Gasteiger partial charge < -0.3 is 36.5 Å². The van der Waals surface area contributed by atoms with Crippen LogP contribution in [0.2, 0.25) is 0 Å². The molecule has 0 fully saturated rings. The Balaban J connectivity index is 1.56. The van der Waals surface area contributed by atoms with Crippen LogP contribution in [0.15, 0.2) is 34.5 Å². The summed E-state index contributed by atoms with van der Waals surface area (Å²) in [6, 6.07) is 1.62. The minimum atomic E-state index is -1.11. The molecule has 0 spiro atoms. The van der Waals surface area contributed by atoms with E-state index in [0.717, 1.165) is 5.57 Å². The van der Waals surface area contributed by atoms with Crippen LogP contribution in [0.1, 0.15) is 37.9 Å². The van der Waals surface area contributed by atoms with Crippen molar-refractivity contribution in [2.24, 2.45) is 11.5 Å². The number of carbonyl (C=O) groups is 3. The lowest BCUT2D eigenvalue weighted by Crippen LogP contribution is -2.42. The summed E-state index contributed by atoms with van der Waals surface area (Å²) in [7, 11) is 0. The van der Waals surface area contributed by atoms with Crippen molar-refractivity contribution in [1.82, 2.24) is 15.5 Å². The lowest BCUT2D eigenvalue weighted by molar-refractivity contribution is -0.141. The van der Waals surface area contributed by atoms with Crippen molar-refractivity contribution in [2.75, 3.05) is 19.6 Å². The molecular formula is C21H32N6O5. The number of rotatable bonds is 13. The van der Waals surface area contributed by atoms with Gasteiger partial charge in [0.2, 0.25) is 11.8 Å². The van der Waals surface area contributed by atoms with E-state index in [1.807, 2.05) is 6.08 Å². The van der Waals surface area contributed by atoms with Crippen LogP contribution in [0, 0.1) is 5.41 Å². The largest absolute Gasteiger partial charge is 0.480 e. The maximum atomic E-state index is 12.1. The highest BCUT2D eigenvalue weighted by Gasteiger charge is 2.22. The molecule has 0 bridgehead atoms. The first kappa shape index (κ1) is 24.9. The Morgan fingerprint density at radius 3 is 2.66 bits per heavy atom. The number of carboxylic acids is 1. The summed E-state index contributed by atoms with van der Waals surface area (Å²) in [5.74, 6) is -1.20. The van der Waals surface area contributed by atoms with Gasteiger partial charge in [0.1, 0.15) is 11.8 Å². The quantitative estimate of drug-likeness (QED) is 0.105. The minimum Gasteiger partial charge on any atom is -0.480 e. The number of hydrogen-bond donors (Lipinski definition) is 6. The minimum absolute atomic E-state index is 0.000964. The van der Waals surface area contributed by atoms with Gasteiger partial charge >= 0.3 is 5.97 Å². The zero-order valence-corrected chi connectivity index (χ0v) is 18.0. The molecule has 176 valence electrons. The molecule has 11 heteroatoms. The first-order valence-electron chi connectivity index (χ1n) is 10.6. The van der Waals surface area contributed by atoms with Gasteiger partial charge in [-0.15, -0.1) is 0 Å². The molecule has 8 N–H and O–H groups in total. The number of aliphatic carboxylic acids is 1. The van der Waals surface area contributed by atoms with Gasteiger partial charge in [0, 0.05) is 32.5 Å². The zero-order valence-electron chi connectivity index (χ0n) is 18.0. The standard InChI is InChI=1S/C21H32N6O5/c22-16(11-14-7-9-27(13-14)21(23)24)19(29)25-8-3-1-2-6-18(28)26-17(20(30)31)12-15-5-4-10-32-15/h4-5,7,10,16-17H,1-3,6,8-9,11-13,22H2,(H3,23,24)(H,25,29)(H,26,28)(H,30,31). The third-order valence-corrected chi connectivity index (χ3v) is 5.15. The molecule has 0 saturated carbocycles. The molecule has 1 aromatic heterocycles. The molecule has 0 aliphatic carbocycles. The van der Waals surface area contributed by atoms with Gasteiger partial charge in [0.05, 0.1) is 12.3 Å². The van der Waals surface area contributed by atoms with E-state index in [2.05, 4.69) is 10.6 Å². The van der Waals surface area contributed by atoms with Gasteiger partial charge in [-0.3, -0.25) is 15.0 Å². The average Bonchev–Trinajstić information content (AvgIpc) is 3.42. The monoisotopic (exact) mass is 448 g/mol. The van der Waals surface area contributed by atoms with Gasteiger partial charge in [0.25, 0.3) is 0 Å². The third-order valence-electron chi connectivity index (χ3n) is 5.15. The Labute approximate surface area is 186 Å². The van der Waals surface area contributed by atoms with Gasteiger partial charge in [0.15, 0.2) is 5.96 Å². The number of unbranched alkanes of at least 4 members (excludes halogenated alkanes) is 2. The van der Waals surface area contributed by atoms with Crippen LogP contribution in [0.5, 0.6) is 0 Å². The van der Waals surface area contributed by atoms with Gasteiger partial charge in [-0.1, -0.05) is 18.1 Å². The van der Waals surface area contributed by atoms with E-state index in [1.54, 1.807) is 17.0 Å². The molecule has 2 amide bonds. The highest BCUT2D eigenvalue weighted by atomic mass is 16.4. The molecular weight excluding hydrogens is 416 g/mol. The number of nitrogens with zero attached hydrogens (tertiary/aromatic N) is 1. The molecule has 0 aromatic carbocycles. The predicted molar refractivity (Wildman–Crippen MR) is 118 cm³/mol. The van der Waals surface area contributed by atoms with Gasteiger partial charge in [-0.25, -0.2) is 4.79 Å². The Kier molecular flexibility index (Phi) is 9.74. The van der Waals surface area contributed by atoms with Crippen LogP contribution in [0.3, 0.4) is 0 Å². The number of carbonyl (C=O) groups excluding carboxylic acids is 2. The van der Waals surface area contributed by atoms with Crippen molar-refractivity contribution in [1.29, 1.82) is 5.41 Å². The maximum absolute atomic E-state index is 12.1. The smallest absolute Gasteiger partial charge is 0.326 e. The summed E-state index contributed by atoms with van der Waals surface area (Å²) in [6.07, 6.45) is 6.06. The lowest BCUT2D eigenvalue weighted by Gasteiger charge is -2.17. The fraction of sp³-hybridized carbons (Fsp3) is 0.524. The second-order valence-electron chi connectivity index (χ2n) is 7.78. The summed E-state index contributed by atoms with van der Waals surface area (Å²) >= 11 is 0. The van der Waals surface area contributed by atoms with Crippen molar-refractivity contribution < 1.29 is 23.9 Å². The summed E-state index contributed by atoms with van der Waals surface area (Å²) < 4.78 is 5.13. The summed E-state index contributed by atoms with van der Waals surface area (Å²) in [5, 5.41) is 22.0. The number of nitrogens with one attached hydrogen (secondary N) is 3. The molecule has 2 heterocycles. The predicted octanol–water partition coefficient (Wildman–Crippen LogP) is -0.0790. The van der Waals surface area contributed by atoms with Crippen molar-refractivity contribution in [3.8, 4) is 0 Å². The Morgan fingerprint density at radius 1 is 1.25 bits per heavy atom. The van der Waals surface area contributed by atoms with Crippen LogP contribution >= 0.6 is 0 Å². The molecule has 0 saturated heterocycles. The van der Waals surface area contributed by atoms with E-state index in [9.17, 15) is 19.5 Å². The number of guanidine groups is 1. The second kappa shape index (κ2) is 12.5. The highest BCUT2D eigenvalue weighted by Crippen LogP contribution is 2.13. The third kappa shape index (κ3) is 8.42. The van der Waals surface area contributed by atoms with Crippen LogP contribution in [0.4, 0.5) is 0 Å². The maximum Gasteiger partial charge on any atom is 0.326 e. The summed E-state index contributed by atoms with van der Waals surface area (Å²) in [6.45, 7) is 1.52. The fourth-order valence-corrected chi connectivity index (χ4v) is 3.35. The Morgan fingerprint density at radius 2 is 2.03 bits per heavy atom. The molecule has 1 aliphatic rings. The Bertz CT molecular complexity index is 823. The number of furan rings is 1. The van der Waals surface area contributed by atoms with Crippen molar-refractivity contribution in [3.05, 3.63) is 35.8 Å². The molecule has 2 unspecified atom stereocenters. The first-order valence-corrected chi connectivity index (χ1v) is 10.6. The molecule has 2 atom stereocenters. The molecule has 0 radical (unpaired) electrons. The zero-order chi connectivity index (χ0) is 23.5. The number of hydrogen-bond acceptors (Lipinski definition) is 6. The van der Waals surface area contributed by atoms with E-state index in [0.29, 0.717) is 51.1 Å². The van der Waals surface area contributed by atoms with Crippen LogP contribution in [0.25, 0.3) is 0 Å². The Hall–Kier alpha value is -3.34. The van der Waals surface area contributed by atoms with E-state index in [4.69, 9.17) is 21.3 Å². The first-order chi connectivity index (χ1) is 15.3. The van der Waals surface area contributed by atoms with E-state index in [-0.39, 0.29) is 30.6 Å². The number of amides is 2. The number of carboxylic acid groups (broad SMARTS) is 1. The molecule has 1 aromatic rings. The average molecular weight is 449 g/mol. The summed E-state index contributed by atoms with van der Waals surface area (Å²) in [5.41, 5.74) is 12.4. The second-order valence-corrected chi connectivity index (χ2v) is 7.78. The fourth-order valence-electron chi connectivity index (χ4n) is 3.35. The molecule has 1 aliphatic heterocycles. The van der Waals surface area contributed by atoms with Crippen LogP contribution in [-0.4, -0.2) is 65.5 Å². The van der Waals surface area contributed by atoms with E-state index in [1.165, 1.54) is 6.26 Å². The van der Waals surface area contributed by atoms with Crippen LogP contribution < -0.4 is 22.1 Å². The van der Waals surface area contributed by atoms with Crippen molar-refractivity contribution in [3.63, 3.8) is 0 Å². The SMILES string of the molecule is N=C(N)N1CC=C(CC(N)C(=O)NCCCCCC(=O)NC(Cc2ccco2)C(=O)O)C1.